The number of carbonyl (C=O) groups excluding carboxylic acids is 3. The molecule has 0 saturated heterocycles. The molecule has 0 spiro atoms. The highest BCUT2D eigenvalue weighted by Crippen LogP contribution is 2.43. The molecule has 1 aliphatic rings. The number of nitrogens with one attached hydrogen (secondary N) is 2. The van der Waals surface area contributed by atoms with Crippen molar-refractivity contribution in [1.29, 1.82) is 0 Å². The first kappa shape index (κ1) is 18.6. The van der Waals surface area contributed by atoms with Gasteiger partial charge in [-0.15, -0.1) is 0 Å². The highest BCUT2D eigenvalue weighted by atomic mass is 16.6. The topological polar surface area (TPSA) is 97.0 Å². The predicted molar refractivity (Wildman–Crippen MR) is 90.7 cm³/mol. The van der Waals surface area contributed by atoms with E-state index >= 15 is 0 Å². The number of nitrogens with zero attached hydrogens (tertiary/aromatic N) is 1. The van der Waals surface area contributed by atoms with Crippen LogP contribution in [0.1, 0.15) is 39.2 Å². The number of amides is 3. The van der Waals surface area contributed by atoms with Crippen molar-refractivity contribution < 1.29 is 23.9 Å². The largest absolute Gasteiger partial charge is 0.449 e. The Morgan fingerprint density at radius 1 is 1.16 bits per heavy atom. The van der Waals surface area contributed by atoms with E-state index < -0.39 is 23.6 Å². The summed E-state index contributed by atoms with van der Waals surface area (Å²) in [6, 6.07) is 7.06. The highest BCUT2D eigenvalue weighted by Gasteiger charge is 2.54. The first-order valence-corrected chi connectivity index (χ1v) is 8.32. The van der Waals surface area contributed by atoms with E-state index in [-0.39, 0.29) is 13.2 Å². The van der Waals surface area contributed by atoms with Gasteiger partial charge in [-0.1, -0.05) is 31.5 Å². The Bertz CT molecular complexity index is 663. The lowest BCUT2D eigenvalue weighted by molar-refractivity contribution is -0.129. The molecule has 1 aliphatic heterocycles. The summed E-state index contributed by atoms with van der Waals surface area (Å²) in [5, 5.41) is 3.72. The molecule has 0 saturated carbocycles. The van der Waals surface area contributed by atoms with Gasteiger partial charge in [0.2, 0.25) is 0 Å². The van der Waals surface area contributed by atoms with Crippen LogP contribution in [0.4, 0.5) is 15.3 Å². The number of hydrogen-bond donors (Lipinski definition) is 2. The van der Waals surface area contributed by atoms with Crippen LogP contribution in [0, 0.1) is 0 Å². The smallest absolute Gasteiger partial charge is 0.430 e. The Kier molecular flexibility index (Phi) is 5.84. The quantitative estimate of drug-likeness (QED) is 0.797. The molecule has 0 aromatic heterocycles. The van der Waals surface area contributed by atoms with E-state index in [9.17, 15) is 14.4 Å². The zero-order valence-corrected chi connectivity index (χ0v) is 14.6. The summed E-state index contributed by atoms with van der Waals surface area (Å²) in [5.41, 5.74) is 2.18. The van der Waals surface area contributed by atoms with Crippen LogP contribution in [-0.4, -0.2) is 36.3 Å². The summed E-state index contributed by atoms with van der Waals surface area (Å²) in [7, 11) is 0. The van der Waals surface area contributed by atoms with E-state index in [0.717, 1.165) is 5.01 Å². The molecule has 0 fully saturated rings. The van der Waals surface area contributed by atoms with Crippen LogP contribution >= 0.6 is 0 Å². The number of rotatable bonds is 5. The molecule has 1 aromatic carbocycles. The fourth-order valence-electron chi connectivity index (χ4n) is 2.98. The molecule has 2 rings (SSSR count). The molecular weight excluding hydrogens is 326 g/mol. The van der Waals surface area contributed by atoms with Gasteiger partial charge in [0.25, 0.3) is 5.91 Å². The molecule has 1 atom stereocenters. The minimum absolute atomic E-state index is 0.102. The first-order valence-electron chi connectivity index (χ1n) is 8.32. The molecule has 8 nitrogen and oxygen atoms in total. The van der Waals surface area contributed by atoms with Gasteiger partial charge in [-0.3, -0.25) is 4.79 Å². The molecule has 25 heavy (non-hydrogen) atoms. The Morgan fingerprint density at radius 3 is 2.48 bits per heavy atom. The van der Waals surface area contributed by atoms with Crippen LogP contribution in [-0.2, 0) is 19.8 Å². The molecule has 1 aromatic rings. The van der Waals surface area contributed by atoms with Crippen molar-refractivity contribution >= 4 is 23.8 Å². The fourth-order valence-corrected chi connectivity index (χ4v) is 2.98. The van der Waals surface area contributed by atoms with E-state index in [4.69, 9.17) is 9.47 Å². The minimum atomic E-state index is -1.40. The van der Waals surface area contributed by atoms with Crippen LogP contribution < -0.4 is 10.7 Å². The van der Waals surface area contributed by atoms with Gasteiger partial charge in [0.15, 0.2) is 5.54 Å². The second kappa shape index (κ2) is 7.87. The van der Waals surface area contributed by atoms with Crippen molar-refractivity contribution in [3.05, 3.63) is 29.8 Å². The molecule has 0 bridgehead atoms. The van der Waals surface area contributed by atoms with Crippen LogP contribution in [0.3, 0.4) is 0 Å². The summed E-state index contributed by atoms with van der Waals surface area (Å²) in [5.74, 6) is -0.402. The summed E-state index contributed by atoms with van der Waals surface area (Å²) in [6.07, 6.45) is -0.748. The Hall–Kier alpha value is -2.77. The van der Waals surface area contributed by atoms with Crippen LogP contribution in [0.2, 0.25) is 0 Å². The van der Waals surface area contributed by atoms with Crippen molar-refractivity contribution in [2.24, 2.45) is 0 Å². The highest BCUT2D eigenvalue weighted by molar-refractivity contribution is 6.07. The second-order valence-corrected chi connectivity index (χ2v) is 5.48. The number of para-hydroxylation sites is 1. The van der Waals surface area contributed by atoms with E-state index in [1.807, 2.05) is 6.92 Å². The van der Waals surface area contributed by atoms with E-state index in [1.165, 1.54) is 0 Å². The number of anilines is 1. The van der Waals surface area contributed by atoms with Gasteiger partial charge >= 0.3 is 12.2 Å². The summed E-state index contributed by atoms with van der Waals surface area (Å²) in [6.45, 7) is 5.42. The summed E-state index contributed by atoms with van der Waals surface area (Å²) >= 11 is 0. The molecule has 3 amide bonds. The van der Waals surface area contributed by atoms with E-state index in [0.29, 0.717) is 24.1 Å². The molecule has 0 aliphatic carbocycles. The maximum absolute atomic E-state index is 12.9. The SMILES string of the molecule is CCC[C@]1(N(NC(=O)OCC)C(=O)OCC)C(=O)Nc2ccccc21. The molecule has 0 radical (unpaired) electrons. The maximum Gasteiger partial charge on any atom is 0.430 e. The van der Waals surface area contributed by atoms with Gasteiger partial charge < -0.3 is 14.8 Å². The fraction of sp³-hybridized carbons (Fsp3) is 0.471. The van der Waals surface area contributed by atoms with Crippen molar-refractivity contribution in [1.82, 2.24) is 10.4 Å². The van der Waals surface area contributed by atoms with Gasteiger partial charge in [-0.05, 0) is 26.3 Å². The Balaban J connectivity index is 2.53. The first-order chi connectivity index (χ1) is 12.0. The van der Waals surface area contributed by atoms with Gasteiger partial charge in [0.1, 0.15) is 0 Å². The number of fused-ring (bicyclic) bond motifs is 1. The lowest BCUT2D eigenvalue weighted by atomic mass is 9.86. The number of hydrogen-bond acceptors (Lipinski definition) is 5. The van der Waals surface area contributed by atoms with Crippen molar-refractivity contribution in [3.8, 4) is 0 Å². The van der Waals surface area contributed by atoms with E-state index in [2.05, 4.69) is 10.7 Å². The monoisotopic (exact) mass is 349 g/mol. The van der Waals surface area contributed by atoms with Gasteiger partial charge in [-0.25, -0.2) is 15.0 Å². The van der Waals surface area contributed by atoms with Crippen molar-refractivity contribution in [3.63, 3.8) is 0 Å². The molecule has 136 valence electrons. The average molecular weight is 349 g/mol. The lowest BCUT2D eigenvalue weighted by Crippen LogP contribution is -2.61. The third-order valence-corrected chi connectivity index (χ3v) is 3.92. The Labute approximate surface area is 146 Å². The molecule has 1 heterocycles. The molecular formula is C17H23N3O5. The number of hydrazine groups is 1. The number of carbonyl (C=O) groups is 3. The third kappa shape index (κ3) is 3.38. The second-order valence-electron chi connectivity index (χ2n) is 5.48. The summed E-state index contributed by atoms with van der Waals surface area (Å²) < 4.78 is 9.94. The zero-order valence-electron chi connectivity index (χ0n) is 14.6. The normalized spacial score (nSPS) is 18.1. The standard InChI is InChI=1S/C17H23N3O5/c1-4-11-17(12-9-7-8-10-13(12)18-14(17)21)20(16(23)25-6-3)19-15(22)24-5-2/h7-10H,4-6,11H2,1-3H3,(H,18,21)(H,19,22)/t17-/m1/s1. The Morgan fingerprint density at radius 2 is 1.84 bits per heavy atom. The van der Waals surface area contributed by atoms with Crippen LogP contribution in [0.15, 0.2) is 24.3 Å². The van der Waals surface area contributed by atoms with Crippen molar-refractivity contribution in [2.75, 3.05) is 18.5 Å². The number of benzene rings is 1. The average Bonchev–Trinajstić information content (AvgIpc) is 2.86. The van der Waals surface area contributed by atoms with Gasteiger partial charge in [-0.2, -0.15) is 5.01 Å². The predicted octanol–water partition coefficient (Wildman–Crippen LogP) is 2.75. The number of ether oxygens (including phenoxy) is 2. The zero-order chi connectivity index (χ0) is 18.4. The third-order valence-electron chi connectivity index (χ3n) is 3.92. The van der Waals surface area contributed by atoms with Crippen molar-refractivity contribution in [2.45, 2.75) is 39.2 Å². The summed E-state index contributed by atoms with van der Waals surface area (Å²) in [4.78, 5) is 37.4. The molecule has 0 unspecified atom stereocenters. The lowest BCUT2D eigenvalue weighted by Gasteiger charge is -2.37. The molecule has 8 heteroatoms. The maximum atomic E-state index is 12.9. The van der Waals surface area contributed by atoms with Crippen LogP contribution in [0.25, 0.3) is 0 Å². The van der Waals surface area contributed by atoms with E-state index in [1.54, 1.807) is 38.1 Å². The minimum Gasteiger partial charge on any atom is -0.449 e. The van der Waals surface area contributed by atoms with Crippen LogP contribution in [0.5, 0.6) is 0 Å². The van der Waals surface area contributed by atoms with Gasteiger partial charge in [0.05, 0.1) is 13.2 Å². The van der Waals surface area contributed by atoms with Gasteiger partial charge in [0, 0.05) is 11.3 Å². The molecule has 2 N–H and O–H groups in total.